The van der Waals surface area contributed by atoms with Crippen LogP contribution < -0.4 is 0 Å². The fraction of sp³-hybridized carbons (Fsp3) is 0.0417. The summed E-state index contributed by atoms with van der Waals surface area (Å²) in [4.78, 5) is 4.91. The minimum atomic E-state index is 0.216. The van der Waals surface area contributed by atoms with E-state index in [9.17, 15) is 10.2 Å². The Morgan fingerprint density at radius 2 is 1.46 bits per heavy atom. The molecule has 1 aliphatic carbocycles. The van der Waals surface area contributed by atoms with Crippen LogP contribution in [0.2, 0.25) is 5.02 Å². The van der Waals surface area contributed by atoms with Crippen molar-refractivity contribution in [2.24, 2.45) is 0 Å². The summed E-state index contributed by atoms with van der Waals surface area (Å²) >= 11 is 6.20. The lowest BCUT2D eigenvalue weighted by atomic mass is 9.95. The molecule has 3 nitrogen and oxygen atoms in total. The van der Waals surface area contributed by atoms with Crippen molar-refractivity contribution in [2.45, 2.75) is 6.42 Å². The lowest BCUT2D eigenvalue weighted by Gasteiger charge is -2.13. The third-order valence-electron chi connectivity index (χ3n) is 5.20. The van der Waals surface area contributed by atoms with E-state index in [4.69, 9.17) is 16.6 Å². The maximum absolute atomic E-state index is 10.5. The maximum atomic E-state index is 10.5. The molecule has 0 saturated carbocycles. The first kappa shape index (κ1) is 16.8. The molecule has 1 aliphatic rings. The van der Waals surface area contributed by atoms with E-state index in [1.54, 1.807) is 18.2 Å². The molecule has 0 atom stereocenters. The van der Waals surface area contributed by atoms with Gasteiger partial charge in [0.25, 0.3) is 0 Å². The van der Waals surface area contributed by atoms with Gasteiger partial charge in [-0.25, -0.2) is 4.98 Å². The van der Waals surface area contributed by atoms with E-state index in [0.29, 0.717) is 11.4 Å². The van der Waals surface area contributed by atoms with E-state index in [-0.39, 0.29) is 11.5 Å². The van der Waals surface area contributed by atoms with E-state index >= 15 is 0 Å². The third kappa shape index (κ3) is 2.63. The van der Waals surface area contributed by atoms with Crippen molar-refractivity contribution in [2.75, 3.05) is 0 Å². The Hall–Kier alpha value is -3.30. The van der Waals surface area contributed by atoms with Crippen molar-refractivity contribution in [1.82, 2.24) is 4.98 Å². The van der Waals surface area contributed by atoms with Crippen LogP contribution in [-0.2, 0) is 6.42 Å². The van der Waals surface area contributed by atoms with Gasteiger partial charge >= 0.3 is 0 Å². The van der Waals surface area contributed by atoms with Gasteiger partial charge in [0.2, 0.25) is 0 Å². The molecule has 0 amide bonds. The van der Waals surface area contributed by atoms with Crippen molar-refractivity contribution >= 4 is 11.6 Å². The standard InChI is InChI=1S/C24H16ClNO2/c25-15-6-3-5-14(11-15)21-13-18(16-7-1-2-9-22(16)27)20-12-19-17(24(20)26-21)8-4-10-23(19)28/h1-11,13,27-28H,12H2. The zero-order chi connectivity index (χ0) is 19.3. The van der Waals surface area contributed by atoms with Crippen molar-refractivity contribution in [3.05, 3.63) is 88.9 Å². The molecule has 4 aromatic rings. The van der Waals surface area contributed by atoms with E-state index < -0.39 is 0 Å². The van der Waals surface area contributed by atoms with Crippen LogP contribution in [0.4, 0.5) is 0 Å². The molecule has 0 fully saturated rings. The van der Waals surface area contributed by atoms with Crippen LogP contribution in [-0.4, -0.2) is 15.2 Å². The molecule has 0 aliphatic heterocycles. The number of aromatic hydroxyl groups is 2. The molecule has 1 heterocycles. The topological polar surface area (TPSA) is 53.4 Å². The summed E-state index contributed by atoms with van der Waals surface area (Å²) in [5, 5.41) is 21.5. The van der Waals surface area contributed by atoms with Crippen LogP contribution in [0.1, 0.15) is 11.1 Å². The minimum absolute atomic E-state index is 0.216. The van der Waals surface area contributed by atoms with Gasteiger partial charge in [-0.2, -0.15) is 0 Å². The number of para-hydroxylation sites is 1. The zero-order valence-electron chi connectivity index (χ0n) is 14.9. The smallest absolute Gasteiger partial charge is 0.123 e. The molecule has 0 radical (unpaired) electrons. The quantitative estimate of drug-likeness (QED) is 0.389. The zero-order valence-corrected chi connectivity index (χ0v) is 15.6. The van der Waals surface area contributed by atoms with E-state index in [0.717, 1.165) is 44.8 Å². The lowest BCUT2D eigenvalue weighted by molar-refractivity contribution is 0.470. The van der Waals surface area contributed by atoms with Crippen molar-refractivity contribution < 1.29 is 10.2 Å². The number of phenolic OH excluding ortho intramolecular Hbond substituents is 2. The highest BCUT2D eigenvalue weighted by molar-refractivity contribution is 6.30. The number of phenols is 2. The Morgan fingerprint density at radius 3 is 2.29 bits per heavy atom. The molecule has 136 valence electrons. The van der Waals surface area contributed by atoms with Gasteiger partial charge in [0, 0.05) is 33.7 Å². The Labute approximate surface area is 167 Å². The average molecular weight is 386 g/mol. The first-order valence-corrected chi connectivity index (χ1v) is 9.39. The average Bonchev–Trinajstić information content (AvgIpc) is 3.08. The number of rotatable bonds is 2. The molecule has 0 bridgehead atoms. The molecule has 0 spiro atoms. The predicted molar refractivity (Wildman–Crippen MR) is 112 cm³/mol. The summed E-state index contributed by atoms with van der Waals surface area (Å²) in [6, 6.07) is 22.3. The minimum Gasteiger partial charge on any atom is -0.508 e. The summed E-state index contributed by atoms with van der Waals surface area (Å²) in [5.74, 6) is 0.483. The Kier molecular flexibility index (Phi) is 3.85. The van der Waals surface area contributed by atoms with Crippen LogP contribution in [0.25, 0.3) is 33.6 Å². The molecule has 2 N–H and O–H groups in total. The Morgan fingerprint density at radius 1 is 0.714 bits per heavy atom. The molecule has 0 saturated heterocycles. The highest BCUT2D eigenvalue weighted by Gasteiger charge is 2.27. The second-order valence-corrected chi connectivity index (χ2v) is 7.33. The van der Waals surface area contributed by atoms with E-state index in [1.165, 1.54) is 0 Å². The largest absolute Gasteiger partial charge is 0.508 e. The van der Waals surface area contributed by atoms with Crippen molar-refractivity contribution in [3.8, 4) is 45.1 Å². The van der Waals surface area contributed by atoms with Gasteiger partial charge < -0.3 is 10.2 Å². The molecule has 3 aromatic carbocycles. The fourth-order valence-corrected chi connectivity index (χ4v) is 4.06. The second-order valence-electron chi connectivity index (χ2n) is 6.89. The number of halogens is 1. The van der Waals surface area contributed by atoms with Crippen LogP contribution in [0, 0.1) is 0 Å². The molecular weight excluding hydrogens is 370 g/mol. The highest BCUT2D eigenvalue weighted by atomic mass is 35.5. The predicted octanol–water partition coefficient (Wildman–Crippen LogP) is 6.05. The van der Waals surface area contributed by atoms with Gasteiger partial charge in [0.05, 0.1) is 11.4 Å². The van der Waals surface area contributed by atoms with Gasteiger partial charge in [-0.15, -0.1) is 0 Å². The summed E-state index contributed by atoms with van der Waals surface area (Å²) < 4.78 is 0. The Bertz CT molecular complexity index is 1230. The lowest BCUT2D eigenvalue weighted by Crippen LogP contribution is -1.95. The molecule has 1 aromatic heterocycles. The second kappa shape index (κ2) is 6.39. The highest BCUT2D eigenvalue weighted by Crippen LogP contribution is 2.46. The summed E-state index contributed by atoms with van der Waals surface area (Å²) in [6.07, 6.45) is 0.573. The number of aromatic nitrogens is 1. The van der Waals surface area contributed by atoms with Crippen molar-refractivity contribution in [1.29, 1.82) is 0 Å². The number of nitrogens with zero attached hydrogens (tertiary/aromatic N) is 1. The molecule has 0 unspecified atom stereocenters. The first-order valence-electron chi connectivity index (χ1n) is 9.01. The van der Waals surface area contributed by atoms with Crippen LogP contribution in [0.3, 0.4) is 0 Å². The summed E-state index contributed by atoms with van der Waals surface area (Å²) in [5.41, 5.74) is 6.97. The van der Waals surface area contributed by atoms with Gasteiger partial charge in [0.1, 0.15) is 11.5 Å². The summed E-state index contributed by atoms with van der Waals surface area (Å²) in [7, 11) is 0. The SMILES string of the molecule is Oc1ccccc1-c1cc(-c2cccc(Cl)c2)nc2c1Cc1c(O)cccc1-2. The van der Waals surface area contributed by atoms with E-state index in [2.05, 4.69) is 0 Å². The number of hydrogen-bond donors (Lipinski definition) is 2. The maximum Gasteiger partial charge on any atom is 0.123 e. The molecule has 28 heavy (non-hydrogen) atoms. The number of pyridine rings is 1. The van der Waals surface area contributed by atoms with Gasteiger partial charge in [0.15, 0.2) is 0 Å². The van der Waals surface area contributed by atoms with Gasteiger partial charge in [-0.05, 0) is 41.5 Å². The number of benzene rings is 3. The molecule has 5 rings (SSSR count). The molecular formula is C24H16ClNO2. The van der Waals surface area contributed by atoms with Gasteiger partial charge in [-0.1, -0.05) is 54.1 Å². The Balaban J connectivity index is 1.82. The van der Waals surface area contributed by atoms with E-state index in [1.807, 2.05) is 54.6 Å². The normalized spacial score (nSPS) is 11.9. The van der Waals surface area contributed by atoms with Crippen LogP contribution in [0.15, 0.2) is 72.8 Å². The number of fused-ring (bicyclic) bond motifs is 3. The number of hydrogen-bond acceptors (Lipinski definition) is 3. The molecule has 4 heteroatoms. The van der Waals surface area contributed by atoms with Crippen LogP contribution in [0.5, 0.6) is 11.5 Å². The van der Waals surface area contributed by atoms with Gasteiger partial charge in [-0.3, -0.25) is 0 Å². The van der Waals surface area contributed by atoms with Crippen molar-refractivity contribution in [3.63, 3.8) is 0 Å². The third-order valence-corrected chi connectivity index (χ3v) is 5.43. The first-order chi connectivity index (χ1) is 13.6. The summed E-state index contributed by atoms with van der Waals surface area (Å²) in [6.45, 7) is 0. The fourth-order valence-electron chi connectivity index (χ4n) is 3.87. The monoisotopic (exact) mass is 385 g/mol. The van der Waals surface area contributed by atoms with Crippen LogP contribution >= 0.6 is 11.6 Å².